The molecule has 1 unspecified atom stereocenters. The first-order chi connectivity index (χ1) is 16.2. The first kappa shape index (κ1) is 26.6. The molecule has 34 heavy (non-hydrogen) atoms. The maximum Gasteiger partial charge on any atom is 0.304 e. The quantitative estimate of drug-likeness (QED) is 0.276. The lowest BCUT2D eigenvalue weighted by atomic mass is 9.95. The maximum absolute atomic E-state index is 11.5. The molecule has 0 aromatic heterocycles. The van der Waals surface area contributed by atoms with Gasteiger partial charge >= 0.3 is 5.97 Å². The Kier molecular flexibility index (Phi) is 9.50. The molecule has 0 bridgehead atoms. The van der Waals surface area contributed by atoms with E-state index in [0.717, 1.165) is 48.4 Å². The predicted molar refractivity (Wildman–Crippen MR) is 141 cm³/mol. The molecule has 0 aliphatic carbocycles. The molecule has 2 aromatic rings. The van der Waals surface area contributed by atoms with Crippen molar-refractivity contribution in [2.24, 2.45) is 0 Å². The fourth-order valence-corrected chi connectivity index (χ4v) is 6.11. The highest BCUT2D eigenvalue weighted by Crippen LogP contribution is 2.46. The zero-order valence-electron chi connectivity index (χ0n) is 19.7. The normalized spacial score (nSPS) is 17.7. The number of carboxylic acid groups (broad SMARTS) is 1. The van der Waals surface area contributed by atoms with Gasteiger partial charge in [-0.1, -0.05) is 24.6 Å². The van der Waals surface area contributed by atoms with E-state index in [1.54, 1.807) is 7.11 Å². The van der Waals surface area contributed by atoms with Crippen LogP contribution in [0, 0.1) is 0 Å². The molecule has 0 amide bonds. The summed E-state index contributed by atoms with van der Waals surface area (Å²) in [7, 11) is -0.893. The van der Waals surface area contributed by atoms with Gasteiger partial charge in [-0.3, -0.25) is 13.9 Å². The Labute approximate surface area is 208 Å². The highest BCUT2D eigenvalue weighted by Gasteiger charge is 2.29. The highest BCUT2D eigenvalue weighted by molar-refractivity contribution is 8.24. The van der Waals surface area contributed by atoms with Crippen molar-refractivity contribution < 1.29 is 23.7 Å². The second-order valence-corrected chi connectivity index (χ2v) is 11.7. The topological polar surface area (TPSA) is 102 Å². The van der Waals surface area contributed by atoms with E-state index < -0.39 is 16.6 Å². The molecule has 1 aliphatic heterocycles. The van der Waals surface area contributed by atoms with Crippen LogP contribution in [0.25, 0.3) is 0 Å². The number of methoxy groups -OCH3 is 1. The minimum atomic E-state index is -2.47. The van der Waals surface area contributed by atoms with Crippen molar-refractivity contribution in [2.75, 3.05) is 42.0 Å². The van der Waals surface area contributed by atoms with Crippen LogP contribution in [0.3, 0.4) is 0 Å². The fourth-order valence-electron chi connectivity index (χ4n) is 4.48. The van der Waals surface area contributed by atoms with E-state index >= 15 is 0 Å². The van der Waals surface area contributed by atoms with Gasteiger partial charge in [0.1, 0.15) is 0 Å². The van der Waals surface area contributed by atoms with Gasteiger partial charge in [0, 0.05) is 47.8 Å². The van der Waals surface area contributed by atoms with E-state index in [9.17, 15) is 19.0 Å². The summed E-state index contributed by atoms with van der Waals surface area (Å²) in [6, 6.07) is 13.7. The molecule has 0 saturated carbocycles. The zero-order chi connectivity index (χ0) is 24.7. The van der Waals surface area contributed by atoms with Gasteiger partial charge in [-0.05, 0) is 61.2 Å². The second kappa shape index (κ2) is 12.1. The molecule has 4 N–H and O–H groups in total. The van der Waals surface area contributed by atoms with E-state index in [2.05, 4.69) is 17.1 Å². The van der Waals surface area contributed by atoms with Crippen molar-refractivity contribution in [1.82, 2.24) is 0 Å². The van der Waals surface area contributed by atoms with Crippen LogP contribution in [0.5, 0.6) is 0 Å². The number of carbonyl (C=O) groups is 1. The van der Waals surface area contributed by atoms with Gasteiger partial charge in [-0.15, -0.1) is 0 Å². The third kappa shape index (κ3) is 7.26. The largest absolute Gasteiger partial charge is 0.481 e. The molecule has 7 nitrogen and oxygen atoms in total. The first-order valence-electron chi connectivity index (χ1n) is 11.6. The number of hydrogen-bond donors (Lipinski definition) is 4. The number of rotatable bonds is 11. The number of carboxylic acids is 1. The number of hydrogen-bond acceptors (Lipinski definition) is 6. The molecule has 3 rings (SSSR count). The van der Waals surface area contributed by atoms with Gasteiger partial charge in [0.15, 0.2) is 0 Å². The Balaban J connectivity index is 2.00. The van der Waals surface area contributed by atoms with Gasteiger partial charge < -0.3 is 20.1 Å². The average molecular weight is 511 g/mol. The van der Waals surface area contributed by atoms with Gasteiger partial charge in [-0.25, -0.2) is 0 Å². The molecule has 1 atom stereocenters. The van der Waals surface area contributed by atoms with Crippen molar-refractivity contribution in [3.8, 4) is 0 Å². The number of anilines is 3. The van der Waals surface area contributed by atoms with Crippen molar-refractivity contribution in [2.45, 2.75) is 44.6 Å². The SMILES string of the molecule is CCCN(c1ccc(C(COC)CC(=O)O)cc1Nc1ccc(Cl)cc1)C1CCS(O)(O)CC1. The Hall–Kier alpha value is -1.97. The molecule has 1 heterocycles. The third-order valence-electron chi connectivity index (χ3n) is 6.17. The monoisotopic (exact) mass is 510 g/mol. The maximum atomic E-state index is 11.5. The predicted octanol–water partition coefficient (Wildman–Crippen LogP) is 6.42. The van der Waals surface area contributed by atoms with Crippen LogP contribution in [0.4, 0.5) is 17.1 Å². The van der Waals surface area contributed by atoms with E-state index in [1.165, 1.54) is 0 Å². The van der Waals surface area contributed by atoms with Gasteiger partial charge in [-0.2, -0.15) is 10.6 Å². The average Bonchev–Trinajstić information content (AvgIpc) is 2.79. The number of benzene rings is 2. The second-order valence-electron chi connectivity index (χ2n) is 8.79. The molecular formula is C25H35ClN2O5S. The van der Waals surface area contributed by atoms with Crippen molar-refractivity contribution in [3.05, 3.63) is 53.1 Å². The number of nitrogens with one attached hydrogen (secondary N) is 1. The number of ether oxygens (including phenoxy) is 1. The fraction of sp³-hybridized carbons (Fsp3) is 0.480. The summed E-state index contributed by atoms with van der Waals surface area (Å²) in [5.74, 6) is -0.300. The Morgan fingerprint density at radius 1 is 1.21 bits per heavy atom. The molecule has 0 spiro atoms. The van der Waals surface area contributed by atoms with Crippen molar-refractivity contribution >= 4 is 45.2 Å². The van der Waals surface area contributed by atoms with Crippen LogP contribution in [0.15, 0.2) is 42.5 Å². The minimum Gasteiger partial charge on any atom is -0.481 e. The van der Waals surface area contributed by atoms with Gasteiger partial charge in [0.25, 0.3) is 0 Å². The molecule has 2 aromatic carbocycles. The van der Waals surface area contributed by atoms with Gasteiger partial charge in [0.2, 0.25) is 0 Å². The summed E-state index contributed by atoms with van der Waals surface area (Å²) < 4.78 is 25.5. The molecule has 188 valence electrons. The lowest BCUT2D eigenvalue weighted by Crippen LogP contribution is -2.41. The molecule has 0 radical (unpaired) electrons. The number of halogens is 1. The Morgan fingerprint density at radius 2 is 1.88 bits per heavy atom. The summed E-state index contributed by atoms with van der Waals surface area (Å²) in [6.07, 6.45) is 2.36. The lowest BCUT2D eigenvalue weighted by molar-refractivity contribution is -0.137. The summed E-state index contributed by atoms with van der Waals surface area (Å²) in [4.78, 5) is 13.8. The van der Waals surface area contributed by atoms with E-state index in [4.69, 9.17) is 16.3 Å². The van der Waals surface area contributed by atoms with Crippen molar-refractivity contribution in [1.29, 1.82) is 0 Å². The molecule has 1 saturated heterocycles. The van der Waals surface area contributed by atoms with Crippen LogP contribution >= 0.6 is 22.2 Å². The van der Waals surface area contributed by atoms with Crippen LogP contribution < -0.4 is 10.2 Å². The minimum absolute atomic E-state index is 0.0211. The summed E-state index contributed by atoms with van der Waals surface area (Å²) >= 11 is 6.07. The molecule has 1 fully saturated rings. The van der Waals surface area contributed by atoms with E-state index in [0.29, 0.717) is 23.1 Å². The molecule has 9 heteroatoms. The van der Waals surface area contributed by atoms with Gasteiger partial charge in [0.05, 0.1) is 24.4 Å². The lowest BCUT2D eigenvalue weighted by Gasteiger charge is -2.44. The zero-order valence-corrected chi connectivity index (χ0v) is 21.3. The molecular weight excluding hydrogens is 476 g/mol. The first-order valence-corrected chi connectivity index (χ1v) is 13.9. The van der Waals surface area contributed by atoms with Crippen LogP contribution in [-0.4, -0.2) is 58.0 Å². The highest BCUT2D eigenvalue weighted by atomic mass is 35.5. The molecule has 1 aliphatic rings. The van der Waals surface area contributed by atoms with Crippen molar-refractivity contribution in [3.63, 3.8) is 0 Å². The summed E-state index contributed by atoms with van der Waals surface area (Å²) in [5.41, 5.74) is 3.64. The number of nitrogens with zero attached hydrogens (tertiary/aromatic N) is 1. The third-order valence-corrected chi connectivity index (χ3v) is 8.21. The van der Waals surface area contributed by atoms with Crippen LogP contribution in [-0.2, 0) is 9.53 Å². The summed E-state index contributed by atoms with van der Waals surface area (Å²) in [6.45, 7) is 3.27. The smallest absolute Gasteiger partial charge is 0.304 e. The van der Waals surface area contributed by atoms with E-state index in [1.807, 2.05) is 42.5 Å². The van der Waals surface area contributed by atoms with Crippen LogP contribution in [0.1, 0.15) is 44.1 Å². The van der Waals surface area contributed by atoms with E-state index in [-0.39, 0.29) is 18.4 Å². The summed E-state index contributed by atoms with van der Waals surface area (Å²) in [5, 5.41) is 13.5. The standard InChI is InChI=1S/C25H35ClN2O5S/c1-3-12-28(22-10-13-34(31,32)14-11-22)24-9-4-18(19(17-33-2)16-25(29)30)15-23(24)27-21-7-5-20(26)6-8-21/h4-9,15,19,22,27,31-32H,3,10-14,16-17H2,1-2H3,(H,29,30). The van der Waals surface area contributed by atoms with Crippen LogP contribution in [0.2, 0.25) is 5.02 Å². The Bertz CT molecular complexity index is 947. The Morgan fingerprint density at radius 3 is 2.47 bits per heavy atom. The number of aliphatic carboxylic acids is 1.